The van der Waals surface area contributed by atoms with Crippen LogP contribution in [0.3, 0.4) is 0 Å². The predicted molar refractivity (Wildman–Crippen MR) is 57.7 cm³/mol. The lowest BCUT2D eigenvalue weighted by atomic mass is 10.3. The topological polar surface area (TPSA) is 52.6 Å². The van der Waals surface area contributed by atoms with Crippen LogP contribution in [0.5, 0.6) is 11.5 Å². The predicted octanol–water partition coefficient (Wildman–Crippen LogP) is 1.81. The molecule has 0 unspecified atom stereocenters. The monoisotopic (exact) mass is 230 g/mol. The third-order valence-electron chi connectivity index (χ3n) is 1.72. The lowest BCUT2D eigenvalue weighted by Gasteiger charge is -2.06. The molecule has 0 heterocycles. The SMILES string of the molecule is CCCS(=O)(=O)Oc1cccc(OC)c1. The summed E-state index contributed by atoms with van der Waals surface area (Å²) in [5, 5.41) is 0. The quantitative estimate of drug-likeness (QED) is 0.724. The summed E-state index contributed by atoms with van der Waals surface area (Å²) in [6.45, 7) is 1.78. The number of ether oxygens (including phenoxy) is 1. The molecule has 0 aliphatic carbocycles. The van der Waals surface area contributed by atoms with E-state index < -0.39 is 10.1 Å². The molecular weight excluding hydrogens is 216 g/mol. The normalized spacial score (nSPS) is 11.1. The zero-order valence-corrected chi connectivity index (χ0v) is 9.58. The third-order valence-corrected chi connectivity index (χ3v) is 3.07. The Balaban J connectivity index is 2.80. The maximum Gasteiger partial charge on any atom is 0.309 e. The zero-order chi connectivity index (χ0) is 11.3. The first-order valence-electron chi connectivity index (χ1n) is 4.63. The molecule has 1 aromatic carbocycles. The Morgan fingerprint density at radius 2 is 1.93 bits per heavy atom. The van der Waals surface area contributed by atoms with Crippen LogP contribution >= 0.6 is 0 Å². The van der Waals surface area contributed by atoms with Crippen molar-refractivity contribution in [2.24, 2.45) is 0 Å². The number of hydrogen-bond acceptors (Lipinski definition) is 4. The number of rotatable bonds is 5. The van der Waals surface area contributed by atoms with Gasteiger partial charge in [0.25, 0.3) is 0 Å². The molecule has 0 bridgehead atoms. The highest BCUT2D eigenvalue weighted by atomic mass is 32.2. The van der Waals surface area contributed by atoms with Crippen LogP contribution in [0.1, 0.15) is 13.3 Å². The third kappa shape index (κ3) is 3.79. The second-order valence-corrected chi connectivity index (χ2v) is 4.71. The minimum absolute atomic E-state index is 0.0181. The van der Waals surface area contributed by atoms with Gasteiger partial charge >= 0.3 is 10.1 Å². The van der Waals surface area contributed by atoms with Crippen LogP contribution in [0.15, 0.2) is 24.3 Å². The summed E-state index contributed by atoms with van der Waals surface area (Å²) in [4.78, 5) is 0. The van der Waals surface area contributed by atoms with Crippen molar-refractivity contribution >= 4 is 10.1 Å². The van der Waals surface area contributed by atoms with Crippen LogP contribution in [-0.2, 0) is 10.1 Å². The van der Waals surface area contributed by atoms with Crippen LogP contribution in [0.2, 0.25) is 0 Å². The van der Waals surface area contributed by atoms with Crippen molar-refractivity contribution in [1.29, 1.82) is 0 Å². The van der Waals surface area contributed by atoms with Gasteiger partial charge in [-0.05, 0) is 18.6 Å². The molecule has 0 amide bonds. The summed E-state index contributed by atoms with van der Waals surface area (Å²) in [5.41, 5.74) is 0. The van der Waals surface area contributed by atoms with Crippen molar-refractivity contribution in [3.63, 3.8) is 0 Å². The van der Waals surface area contributed by atoms with Crippen LogP contribution < -0.4 is 8.92 Å². The fraction of sp³-hybridized carbons (Fsp3) is 0.400. The van der Waals surface area contributed by atoms with Crippen molar-refractivity contribution in [2.45, 2.75) is 13.3 Å². The highest BCUT2D eigenvalue weighted by molar-refractivity contribution is 7.87. The van der Waals surface area contributed by atoms with E-state index in [-0.39, 0.29) is 11.5 Å². The minimum Gasteiger partial charge on any atom is -0.497 e. The van der Waals surface area contributed by atoms with Gasteiger partial charge in [0.15, 0.2) is 0 Å². The fourth-order valence-corrected chi connectivity index (χ4v) is 2.07. The van der Waals surface area contributed by atoms with Crippen LogP contribution in [0, 0.1) is 0 Å². The van der Waals surface area contributed by atoms with Gasteiger partial charge in [0.05, 0.1) is 12.9 Å². The highest BCUT2D eigenvalue weighted by Crippen LogP contribution is 2.20. The maximum atomic E-state index is 11.3. The molecule has 84 valence electrons. The molecule has 0 radical (unpaired) electrons. The summed E-state index contributed by atoms with van der Waals surface area (Å²) >= 11 is 0. The minimum atomic E-state index is -3.47. The van der Waals surface area contributed by atoms with E-state index in [0.717, 1.165) is 0 Å². The Morgan fingerprint density at radius 1 is 1.27 bits per heavy atom. The Bertz CT molecular complexity index is 411. The number of methoxy groups -OCH3 is 1. The van der Waals surface area contributed by atoms with Crippen molar-refractivity contribution < 1.29 is 17.3 Å². The molecule has 0 atom stereocenters. The first-order valence-corrected chi connectivity index (χ1v) is 6.21. The Hall–Kier alpha value is -1.23. The molecule has 0 saturated carbocycles. The smallest absolute Gasteiger partial charge is 0.309 e. The van der Waals surface area contributed by atoms with Gasteiger partial charge in [0, 0.05) is 6.07 Å². The Morgan fingerprint density at radius 3 is 2.53 bits per heavy atom. The number of benzene rings is 1. The van der Waals surface area contributed by atoms with Gasteiger partial charge in [-0.15, -0.1) is 0 Å². The zero-order valence-electron chi connectivity index (χ0n) is 8.76. The van der Waals surface area contributed by atoms with E-state index in [2.05, 4.69) is 0 Å². The van der Waals surface area contributed by atoms with Crippen LogP contribution in [-0.4, -0.2) is 21.3 Å². The van der Waals surface area contributed by atoms with Crippen molar-refractivity contribution in [2.75, 3.05) is 12.9 Å². The van der Waals surface area contributed by atoms with E-state index in [1.54, 1.807) is 25.1 Å². The molecule has 4 nitrogen and oxygen atoms in total. The first-order chi connectivity index (χ1) is 7.07. The van der Waals surface area contributed by atoms with Crippen molar-refractivity contribution in [3.8, 4) is 11.5 Å². The molecule has 0 aliphatic rings. The molecule has 0 fully saturated rings. The molecule has 5 heteroatoms. The van der Waals surface area contributed by atoms with Gasteiger partial charge < -0.3 is 8.92 Å². The van der Waals surface area contributed by atoms with E-state index in [1.165, 1.54) is 13.2 Å². The molecule has 15 heavy (non-hydrogen) atoms. The summed E-state index contributed by atoms with van der Waals surface area (Å²) in [6, 6.07) is 6.51. The number of hydrogen-bond donors (Lipinski definition) is 0. The second kappa shape index (κ2) is 5.02. The second-order valence-electron chi connectivity index (χ2n) is 3.02. The average Bonchev–Trinajstić information content (AvgIpc) is 2.17. The summed E-state index contributed by atoms with van der Waals surface area (Å²) < 4.78 is 32.5. The first kappa shape index (κ1) is 11.8. The summed E-state index contributed by atoms with van der Waals surface area (Å²) in [6.07, 6.45) is 0.534. The van der Waals surface area contributed by atoms with E-state index in [0.29, 0.717) is 12.2 Å². The molecule has 1 aromatic rings. The summed E-state index contributed by atoms with van der Waals surface area (Å²) in [7, 11) is -1.95. The Kier molecular flexibility index (Phi) is 3.96. The van der Waals surface area contributed by atoms with Gasteiger partial charge in [0.1, 0.15) is 11.5 Å². The van der Waals surface area contributed by atoms with Crippen molar-refractivity contribution in [3.05, 3.63) is 24.3 Å². The molecule has 0 spiro atoms. The average molecular weight is 230 g/mol. The lowest BCUT2D eigenvalue weighted by molar-refractivity contribution is 0.411. The van der Waals surface area contributed by atoms with Crippen LogP contribution in [0.25, 0.3) is 0 Å². The lowest BCUT2D eigenvalue weighted by Crippen LogP contribution is -2.12. The molecule has 1 rings (SSSR count). The fourth-order valence-electron chi connectivity index (χ4n) is 1.09. The molecule has 0 aromatic heterocycles. The van der Waals surface area contributed by atoms with Crippen LogP contribution in [0.4, 0.5) is 0 Å². The molecule has 0 aliphatic heterocycles. The van der Waals surface area contributed by atoms with E-state index in [4.69, 9.17) is 8.92 Å². The van der Waals surface area contributed by atoms with Gasteiger partial charge in [-0.3, -0.25) is 0 Å². The summed E-state index contributed by atoms with van der Waals surface area (Å²) in [5.74, 6) is 0.867. The highest BCUT2D eigenvalue weighted by Gasteiger charge is 2.11. The standard InChI is InChI=1S/C10H14O4S/c1-3-7-15(11,12)14-10-6-4-5-9(8-10)13-2/h4-6,8H,3,7H2,1-2H3. The maximum absolute atomic E-state index is 11.3. The largest absolute Gasteiger partial charge is 0.497 e. The van der Waals surface area contributed by atoms with E-state index in [9.17, 15) is 8.42 Å². The van der Waals surface area contributed by atoms with Gasteiger partial charge in [-0.25, -0.2) is 0 Å². The Labute approximate surface area is 90.0 Å². The van der Waals surface area contributed by atoms with Gasteiger partial charge in [0.2, 0.25) is 0 Å². The molecular formula is C10H14O4S. The van der Waals surface area contributed by atoms with Crippen molar-refractivity contribution in [1.82, 2.24) is 0 Å². The van der Waals surface area contributed by atoms with E-state index in [1.807, 2.05) is 0 Å². The van der Waals surface area contributed by atoms with Gasteiger partial charge in [-0.1, -0.05) is 13.0 Å². The van der Waals surface area contributed by atoms with E-state index >= 15 is 0 Å². The molecule has 0 N–H and O–H groups in total. The van der Waals surface area contributed by atoms with Gasteiger partial charge in [-0.2, -0.15) is 8.42 Å². The molecule has 0 saturated heterocycles.